The van der Waals surface area contributed by atoms with Gasteiger partial charge in [0.1, 0.15) is 11.5 Å². The monoisotopic (exact) mass is 296 g/mol. The fourth-order valence-corrected chi connectivity index (χ4v) is 2.11. The summed E-state index contributed by atoms with van der Waals surface area (Å²) in [5.74, 6) is 1.81. The standard InChI is InChI=1S/C20H24O2/c1-4-14-21-19-10-6-17(7-11-19)16(3)18-8-12-20(13-9-18)22-15-5-2/h6-13H,3-5,14-15H2,1-2H3. The first-order chi connectivity index (χ1) is 10.7. The van der Waals surface area contributed by atoms with Crippen molar-refractivity contribution < 1.29 is 9.47 Å². The van der Waals surface area contributed by atoms with Crippen molar-refractivity contribution in [2.75, 3.05) is 13.2 Å². The molecule has 0 aliphatic rings. The first-order valence-electron chi connectivity index (χ1n) is 7.90. The van der Waals surface area contributed by atoms with Crippen LogP contribution in [0.4, 0.5) is 0 Å². The lowest BCUT2D eigenvalue weighted by atomic mass is 9.99. The summed E-state index contributed by atoms with van der Waals surface area (Å²) in [5, 5.41) is 0. The molecule has 0 N–H and O–H groups in total. The van der Waals surface area contributed by atoms with E-state index in [4.69, 9.17) is 9.47 Å². The Morgan fingerprint density at radius 3 is 1.41 bits per heavy atom. The molecule has 0 spiro atoms. The SMILES string of the molecule is C=C(c1ccc(OCCC)cc1)c1ccc(OCCC)cc1. The molecule has 0 unspecified atom stereocenters. The molecule has 0 atom stereocenters. The molecule has 0 aliphatic carbocycles. The summed E-state index contributed by atoms with van der Waals surface area (Å²) in [6.45, 7) is 9.90. The highest BCUT2D eigenvalue weighted by Crippen LogP contribution is 2.25. The van der Waals surface area contributed by atoms with Crippen molar-refractivity contribution in [3.05, 3.63) is 66.2 Å². The summed E-state index contributed by atoms with van der Waals surface area (Å²) >= 11 is 0. The summed E-state index contributed by atoms with van der Waals surface area (Å²) in [6.07, 6.45) is 2.03. The van der Waals surface area contributed by atoms with Crippen LogP contribution in [0.15, 0.2) is 55.1 Å². The number of benzene rings is 2. The van der Waals surface area contributed by atoms with Crippen LogP contribution in [0.25, 0.3) is 5.57 Å². The van der Waals surface area contributed by atoms with Crippen molar-refractivity contribution in [3.8, 4) is 11.5 Å². The average molecular weight is 296 g/mol. The van der Waals surface area contributed by atoms with Gasteiger partial charge in [0.15, 0.2) is 0 Å². The maximum atomic E-state index is 5.60. The average Bonchev–Trinajstić information content (AvgIpc) is 2.58. The Balaban J connectivity index is 2.04. The first kappa shape index (κ1) is 16.2. The fraction of sp³-hybridized carbons (Fsp3) is 0.300. The van der Waals surface area contributed by atoms with Crippen LogP contribution >= 0.6 is 0 Å². The molecule has 0 aromatic heterocycles. The van der Waals surface area contributed by atoms with Gasteiger partial charge in [0, 0.05) is 0 Å². The van der Waals surface area contributed by atoms with E-state index in [2.05, 4.69) is 44.7 Å². The Kier molecular flexibility index (Phi) is 6.08. The second-order valence-corrected chi connectivity index (χ2v) is 5.22. The molecule has 116 valence electrons. The smallest absolute Gasteiger partial charge is 0.119 e. The molecule has 2 aromatic rings. The summed E-state index contributed by atoms with van der Waals surface area (Å²) in [6, 6.07) is 16.2. The van der Waals surface area contributed by atoms with Crippen molar-refractivity contribution in [3.63, 3.8) is 0 Å². The molecular formula is C20H24O2. The molecule has 0 amide bonds. The predicted octanol–water partition coefficient (Wildman–Crippen LogP) is 5.33. The Morgan fingerprint density at radius 1 is 0.727 bits per heavy atom. The van der Waals surface area contributed by atoms with Crippen molar-refractivity contribution in [1.29, 1.82) is 0 Å². The van der Waals surface area contributed by atoms with Crippen LogP contribution in [0.3, 0.4) is 0 Å². The van der Waals surface area contributed by atoms with Gasteiger partial charge in [0.25, 0.3) is 0 Å². The largest absolute Gasteiger partial charge is 0.494 e. The van der Waals surface area contributed by atoms with Crippen molar-refractivity contribution in [2.45, 2.75) is 26.7 Å². The molecule has 0 saturated heterocycles. The fourth-order valence-electron chi connectivity index (χ4n) is 2.11. The van der Waals surface area contributed by atoms with Gasteiger partial charge in [-0.05, 0) is 53.8 Å². The summed E-state index contributed by atoms with van der Waals surface area (Å²) < 4.78 is 11.2. The van der Waals surface area contributed by atoms with Gasteiger partial charge in [-0.15, -0.1) is 0 Å². The number of hydrogen-bond donors (Lipinski definition) is 0. The van der Waals surface area contributed by atoms with Crippen LogP contribution in [-0.2, 0) is 0 Å². The minimum atomic E-state index is 0.750. The minimum absolute atomic E-state index is 0.750. The molecule has 2 heteroatoms. The van der Waals surface area contributed by atoms with E-state index in [1.807, 2.05) is 24.3 Å². The molecule has 2 aromatic carbocycles. The Hall–Kier alpha value is -2.22. The minimum Gasteiger partial charge on any atom is -0.494 e. The van der Waals surface area contributed by atoms with Crippen LogP contribution in [-0.4, -0.2) is 13.2 Å². The molecule has 0 radical (unpaired) electrons. The van der Waals surface area contributed by atoms with E-state index in [-0.39, 0.29) is 0 Å². The molecule has 0 aliphatic heterocycles. The van der Waals surface area contributed by atoms with Crippen LogP contribution in [0.2, 0.25) is 0 Å². The van der Waals surface area contributed by atoms with E-state index in [0.29, 0.717) is 0 Å². The highest BCUT2D eigenvalue weighted by molar-refractivity contribution is 5.78. The molecule has 0 saturated carbocycles. The second-order valence-electron chi connectivity index (χ2n) is 5.22. The number of ether oxygens (including phenoxy) is 2. The zero-order valence-electron chi connectivity index (χ0n) is 13.5. The Bertz CT molecular complexity index is 529. The van der Waals surface area contributed by atoms with E-state index < -0.39 is 0 Å². The first-order valence-corrected chi connectivity index (χ1v) is 7.90. The third-order valence-electron chi connectivity index (χ3n) is 3.35. The topological polar surface area (TPSA) is 18.5 Å². The van der Waals surface area contributed by atoms with Crippen molar-refractivity contribution in [2.24, 2.45) is 0 Å². The second kappa shape index (κ2) is 8.28. The molecular weight excluding hydrogens is 272 g/mol. The lowest BCUT2D eigenvalue weighted by Gasteiger charge is -2.10. The lowest BCUT2D eigenvalue weighted by molar-refractivity contribution is 0.317. The third-order valence-corrected chi connectivity index (χ3v) is 3.35. The summed E-state index contributed by atoms with van der Waals surface area (Å²) in [7, 11) is 0. The molecule has 0 fully saturated rings. The zero-order valence-corrected chi connectivity index (χ0v) is 13.5. The highest BCUT2D eigenvalue weighted by atomic mass is 16.5. The normalized spacial score (nSPS) is 10.3. The predicted molar refractivity (Wildman–Crippen MR) is 92.6 cm³/mol. The van der Waals surface area contributed by atoms with Gasteiger partial charge in [-0.25, -0.2) is 0 Å². The van der Waals surface area contributed by atoms with Gasteiger partial charge in [-0.1, -0.05) is 44.7 Å². The third kappa shape index (κ3) is 4.39. The maximum absolute atomic E-state index is 5.60. The Labute approximate surface area is 133 Å². The molecule has 22 heavy (non-hydrogen) atoms. The molecule has 0 bridgehead atoms. The highest BCUT2D eigenvalue weighted by Gasteiger charge is 2.04. The van der Waals surface area contributed by atoms with Crippen LogP contribution < -0.4 is 9.47 Å². The quantitative estimate of drug-likeness (QED) is 0.656. The van der Waals surface area contributed by atoms with E-state index >= 15 is 0 Å². The number of hydrogen-bond acceptors (Lipinski definition) is 2. The number of rotatable bonds is 8. The van der Waals surface area contributed by atoms with Crippen molar-refractivity contribution in [1.82, 2.24) is 0 Å². The van der Waals surface area contributed by atoms with Gasteiger partial charge in [-0.3, -0.25) is 0 Å². The summed E-state index contributed by atoms with van der Waals surface area (Å²) in [5.41, 5.74) is 3.21. The summed E-state index contributed by atoms with van der Waals surface area (Å²) in [4.78, 5) is 0. The molecule has 2 rings (SSSR count). The molecule has 2 nitrogen and oxygen atoms in total. The van der Waals surface area contributed by atoms with Gasteiger partial charge in [0.2, 0.25) is 0 Å². The zero-order chi connectivity index (χ0) is 15.8. The van der Waals surface area contributed by atoms with E-state index in [1.54, 1.807) is 0 Å². The molecule has 0 heterocycles. The van der Waals surface area contributed by atoms with Crippen molar-refractivity contribution >= 4 is 5.57 Å². The van der Waals surface area contributed by atoms with Gasteiger partial charge in [0.05, 0.1) is 13.2 Å². The lowest BCUT2D eigenvalue weighted by Crippen LogP contribution is -1.96. The maximum Gasteiger partial charge on any atom is 0.119 e. The van der Waals surface area contributed by atoms with Gasteiger partial charge >= 0.3 is 0 Å². The van der Waals surface area contributed by atoms with Gasteiger partial charge < -0.3 is 9.47 Å². The van der Waals surface area contributed by atoms with Crippen LogP contribution in [0, 0.1) is 0 Å². The van der Waals surface area contributed by atoms with E-state index in [9.17, 15) is 0 Å². The van der Waals surface area contributed by atoms with E-state index in [1.165, 1.54) is 0 Å². The van der Waals surface area contributed by atoms with Crippen LogP contribution in [0.5, 0.6) is 11.5 Å². The Morgan fingerprint density at radius 2 is 1.09 bits per heavy atom. The van der Waals surface area contributed by atoms with E-state index in [0.717, 1.165) is 54.3 Å². The van der Waals surface area contributed by atoms with Crippen LogP contribution in [0.1, 0.15) is 37.8 Å². The van der Waals surface area contributed by atoms with Gasteiger partial charge in [-0.2, -0.15) is 0 Å².